The highest BCUT2D eigenvalue weighted by Gasteiger charge is 2.07. The van der Waals surface area contributed by atoms with Gasteiger partial charge in [-0.2, -0.15) is 4.99 Å². The molecule has 0 atom stereocenters. The molecule has 1 heterocycles. The van der Waals surface area contributed by atoms with E-state index < -0.39 is 0 Å². The number of aliphatic imine (C=N–C) groups is 1. The number of hydrogen-bond donors (Lipinski definition) is 1. The average molecular weight is 202 g/mol. The van der Waals surface area contributed by atoms with E-state index in [-0.39, 0.29) is 6.03 Å². The maximum Gasteiger partial charge on any atom is 0.345 e. The van der Waals surface area contributed by atoms with E-state index in [2.05, 4.69) is 10.3 Å². The molecule has 0 aliphatic carbocycles. The average Bonchev–Trinajstić information content (AvgIpc) is 2.65. The van der Waals surface area contributed by atoms with Crippen molar-refractivity contribution in [1.29, 1.82) is 0 Å². The molecular formula is C11H10N2O2. The minimum atomic E-state index is -0.324. The number of hydrogen-bond acceptors (Lipinski definition) is 2. The molecule has 1 aliphatic heterocycles. The van der Waals surface area contributed by atoms with E-state index in [9.17, 15) is 4.79 Å². The van der Waals surface area contributed by atoms with Crippen molar-refractivity contribution in [2.45, 2.75) is 0 Å². The smallest absolute Gasteiger partial charge is 0.345 e. The molecule has 1 aliphatic rings. The Kier molecular flexibility index (Phi) is 2.49. The number of nitrogens with zero attached hydrogens (tertiary/aromatic N) is 1. The summed E-state index contributed by atoms with van der Waals surface area (Å²) in [4.78, 5) is 14.4. The van der Waals surface area contributed by atoms with Crippen LogP contribution in [0.4, 0.5) is 4.79 Å². The predicted molar refractivity (Wildman–Crippen MR) is 58.0 cm³/mol. The Morgan fingerprint density at radius 2 is 2.07 bits per heavy atom. The molecule has 1 N–H and O–H groups in total. The maximum absolute atomic E-state index is 10.8. The standard InChI is InChI=1S/C11H10N2O2/c1-15-10-4-2-8(3-5-10)6-9-7-12-11(14)13-9/h2-7H,1H3,(H,13,14). The molecule has 0 aromatic heterocycles. The molecule has 15 heavy (non-hydrogen) atoms. The molecule has 0 bridgehead atoms. The number of methoxy groups -OCH3 is 1. The lowest BCUT2D eigenvalue weighted by Gasteiger charge is -2.00. The lowest BCUT2D eigenvalue weighted by Crippen LogP contribution is -2.11. The summed E-state index contributed by atoms with van der Waals surface area (Å²) in [6.07, 6.45) is 3.35. The van der Waals surface area contributed by atoms with Crippen LogP contribution >= 0.6 is 0 Å². The monoisotopic (exact) mass is 202 g/mol. The predicted octanol–water partition coefficient (Wildman–Crippen LogP) is 1.83. The summed E-state index contributed by atoms with van der Waals surface area (Å²) in [6, 6.07) is 7.21. The van der Waals surface area contributed by atoms with Crippen molar-refractivity contribution in [3.05, 3.63) is 35.5 Å². The molecule has 76 valence electrons. The lowest BCUT2D eigenvalue weighted by atomic mass is 10.2. The normalized spacial score (nSPS) is 16.9. The van der Waals surface area contributed by atoms with Crippen molar-refractivity contribution in [3.63, 3.8) is 0 Å². The topological polar surface area (TPSA) is 50.7 Å². The third kappa shape index (κ3) is 2.22. The van der Waals surface area contributed by atoms with E-state index in [1.807, 2.05) is 30.3 Å². The van der Waals surface area contributed by atoms with Gasteiger partial charge < -0.3 is 10.1 Å². The third-order valence-electron chi connectivity index (χ3n) is 2.01. The fourth-order valence-corrected chi connectivity index (χ4v) is 1.27. The molecule has 4 nitrogen and oxygen atoms in total. The second kappa shape index (κ2) is 3.96. The van der Waals surface area contributed by atoms with Crippen LogP contribution in [0.3, 0.4) is 0 Å². The van der Waals surface area contributed by atoms with Gasteiger partial charge >= 0.3 is 6.03 Å². The Morgan fingerprint density at radius 1 is 1.33 bits per heavy atom. The van der Waals surface area contributed by atoms with Gasteiger partial charge in [-0.3, -0.25) is 0 Å². The van der Waals surface area contributed by atoms with Crippen LogP contribution in [-0.2, 0) is 0 Å². The molecule has 0 saturated heterocycles. The summed E-state index contributed by atoms with van der Waals surface area (Å²) in [6.45, 7) is 0. The number of benzene rings is 1. The number of urea groups is 1. The molecule has 2 amide bonds. The Hall–Kier alpha value is -2.10. The zero-order chi connectivity index (χ0) is 10.7. The van der Waals surface area contributed by atoms with E-state index >= 15 is 0 Å². The number of ether oxygens (including phenoxy) is 1. The Balaban J connectivity index is 2.17. The summed E-state index contributed by atoms with van der Waals surface area (Å²) in [7, 11) is 1.62. The van der Waals surface area contributed by atoms with Crippen molar-refractivity contribution < 1.29 is 9.53 Å². The zero-order valence-corrected chi connectivity index (χ0v) is 8.23. The van der Waals surface area contributed by atoms with Gasteiger partial charge in [0.05, 0.1) is 19.0 Å². The van der Waals surface area contributed by atoms with E-state index in [1.54, 1.807) is 7.11 Å². The molecule has 0 saturated carbocycles. The van der Waals surface area contributed by atoms with E-state index in [0.29, 0.717) is 5.70 Å². The zero-order valence-electron chi connectivity index (χ0n) is 8.23. The molecule has 0 fully saturated rings. The fourth-order valence-electron chi connectivity index (χ4n) is 1.27. The van der Waals surface area contributed by atoms with Crippen LogP contribution in [0.15, 0.2) is 35.0 Å². The number of nitrogens with one attached hydrogen (secondary N) is 1. The maximum atomic E-state index is 10.8. The molecular weight excluding hydrogens is 192 g/mol. The van der Waals surface area contributed by atoms with Crippen LogP contribution in [-0.4, -0.2) is 19.4 Å². The van der Waals surface area contributed by atoms with E-state index in [1.165, 1.54) is 6.21 Å². The number of allylic oxidation sites excluding steroid dienone is 1. The van der Waals surface area contributed by atoms with Crippen molar-refractivity contribution in [1.82, 2.24) is 5.32 Å². The van der Waals surface area contributed by atoms with Crippen LogP contribution in [0.2, 0.25) is 0 Å². The Labute approximate surface area is 87.3 Å². The first kappa shape index (κ1) is 9.45. The molecule has 0 unspecified atom stereocenters. The van der Waals surface area contributed by atoms with Gasteiger partial charge in [0.1, 0.15) is 5.75 Å². The number of carbonyl (C=O) groups excluding carboxylic acids is 1. The van der Waals surface area contributed by atoms with Crippen LogP contribution in [0.5, 0.6) is 5.75 Å². The summed E-state index contributed by atoms with van der Waals surface area (Å²) < 4.78 is 5.04. The van der Waals surface area contributed by atoms with Gasteiger partial charge in [0, 0.05) is 0 Å². The van der Waals surface area contributed by atoms with Crippen LogP contribution in [0, 0.1) is 0 Å². The highest BCUT2D eigenvalue weighted by Crippen LogP contribution is 2.13. The van der Waals surface area contributed by atoms with Crippen LogP contribution < -0.4 is 10.1 Å². The largest absolute Gasteiger partial charge is 0.497 e. The first-order chi connectivity index (χ1) is 7.28. The highest BCUT2D eigenvalue weighted by molar-refractivity contribution is 6.02. The quantitative estimate of drug-likeness (QED) is 0.795. The van der Waals surface area contributed by atoms with Gasteiger partial charge in [-0.25, -0.2) is 4.79 Å². The fraction of sp³-hybridized carbons (Fsp3) is 0.0909. The summed E-state index contributed by atoms with van der Waals surface area (Å²) in [5.41, 5.74) is 1.68. The molecule has 4 heteroatoms. The SMILES string of the molecule is COc1ccc(C=C2C=NC(=O)N2)cc1. The molecule has 0 spiro atoms. The van der Waals surface area contributed by atoms with Crippen LogP contribution in [0.25, 0.3) is 6.08 Å². The second-order valence-electron chi connectivity index (χ2n) is 3.06. The molecule has 2 rings (SSSR count). The van der Waals surface area contributed by atoms with Gasteiger partial charge in [-0.1, -0.05) is 12.1 Å². The summed E-state index contributed by atoms with van der Waals surface area (Å²) in [5, 5.41) is 2.60. The van der Waals surface area contributed by atoms with Crippen molar-refractivity contribution in [2.75, 3.05) is 7.11 Å². The first-order valence-corrected chi connectivity index (χ1v) is 4.49. The number of rotatable bonds is 2. The summed E-state index contributed by atoms with van der Waals surface area (Å²) >= 11 is 0. The van der Waals surface area contributed by atoms with Crippen molar-refractivity contribution >= 4 is 18.3 Å². The van der Waals surface area contributed by atoms with Crippen molar-refractivity contribution in [3.8, 4) is 5.75 Å². The van der Waals surface area contributed by atoms with E-state index in [4.69, 9.17) is 4.74 Å². The second-order valence-corrected chi connectivity index (χ2v) is 3.06. The Bertz CT molecular complexity index is 432. The van der Waals surface area contributed by atoms with Gasteiger partial charge in [0.2, 0.25) is 0 Å². The first-order valence-electron chi connectivity index (χ1n) is 4.49. The molecule has 1 aromatic carbocycles. The number of carbonyl (C=O) groups is 1. The van der Waals surface area contributed by atoms with E-state index in [0.717, 1.165) is 11.3 Å². The molecule has 1 aromatic rings. The van der Waals surface area contributed by atoms with Crippen LogP contribution in [0.1, 0.15) is 5.56 Å². The van der Waals surface area contributed by atoms with Crippen molar-refractivity contribution in [2.24, 2.45) is 4.99 Å². The minimum absolute atomic E-state index is 0.324. The highest BCUT2D eigenvalue weighted by atomic mass is 16.5. The lowest BCUT2D eigenvalue weighted by molar-refractivity contribution is 0.253. The van der Waals surface area contributed by atoms with Gasteiger partial charge in [0.25, 0.3) is 0 Å². The Morgan fingerprint density at radius 3 is 2.60 bits per heavy atom. The number of amides is 2. The molecule has 0 radical (unpaired) electrons. The van der Waals surface area contributed by atoms with Gasteiger partial charge in [0.15, 0.2) is 0 Å². The van der Waals surface area contributed by atoms with Gasteiger partial charge in [-0.15, -0.1) is 0 Å². The third-order valence-corrected chi connectivity index (χ3v) is 2.01. The van der Waals surface area contributed by atoms with Gasteiger partial charge in [-0.05, 0) is 23.8 Å². The minimum Gasteiger partial charge on any atom is -0.497 e. The summed E-state index contributed by atoms with van der Waals surface area (Å²) in [5.74, 6) is 0.807.